The van der Waals surface area contributed by atoms with Gasteiger partial charge in [-0.3, -0.25) is 9.36 Å². The minimum atomic E-state index is -2.65. The molecule has 28 heavy (non-hydrogen) atoms. The lowest BCUT2D eigenvalue weighted by atomic mass is 9.90. The van der Waals surface area contributed by atoms with E-state index in [1.807, 2.05) is 43.3 Å². The smallest absolute Gasteiger partial charge is 0.298 e. The molecular weight excluding hydrogens is 382 g/mol. The van der Waals surface area contributed by atoms with Crippen molar-refractivity contribution in [3.63, 3.8) is 0 Å². The van der Waals surface area contributed by atoms with Crippen LogP contribution in [0.5, 0.6) is 0 Å². The fourth-order valence-corrected chi connectivity index (χ4v) is 4.40. The highest BCUT2D eigenvalue weighted by molar-refractivity contribution is 7.16. The van der Waals surface area contributed by atoms with Gasteiger partial charge in [-0.1, -0.05) is 34.7 Å². The Morgan fingerprint density at radius 1 is 1.25 bits per heavy atom. The number of nitroso groups, excluding NO2 is 1. The SMILES string of the molecule is Cc1ccc(C(C)(C)N=O)cc1-c1ccc2c(c1)sc(=O)n2CC1CC1(F)F. The minimum absolute atomic E-state index is 0.0545. The van der Waals surface area contributed by atoms with E-state index in [4.69, 9.17) is 0 Å². The van der Waals surface area contributed by atoms with Gasteiger partial charge in [0.15, 0.2) is 0 Å². The van der Waals surface area contributed by atoms with Crippen molar-refractivity contribution in [3.8, 4) is 11.1 Å². The zero-order chi connectivity index (χ0) is 20.3. The normalized spacial score (nSPS) is 18.4. The molecular formula is C21H20F2N2O2S. The maximum atomic E-state index is 13.3. The van der Waals surface area contributed by atoms with Crippen LogP contribution in [0.3, 0.4) is 0 Å². The minimum Gasteiger partial charge on any atom is -0.298 e. The molecule has 1 unspecified atom stereocenters. The number of nitrogens with zero attached hydrogens (tertiary/aromatic N) is 2. The molecule has 4 nitrogen and oxygen atoms in total. The van der Waals surface area contributed by atoms with Gasteiger partial charge in [-0.2, -0.15) is 0 Å². The molecule has 3 aromatic rings. The van der Waals surface area contributed by atoms with E-state index < -0.39 is 17.4 Å². The van der Waals surface area contributed by atoms with Gasteiger partial charge in [0.1, 0.15) is 5.54 Å². The standard InChI is InChI=1S/C21H20F2N2O2S/c1-12-4-6-14(20(2,3)24-27)9-16(12)13-5-7-17-18(8-13)28-19(26)25(17)11-15-10-21(15,22)23/h4-9,15H,10-11H2,1-3H3. The van der Waals surface area contributed by atoms with Crippen molar-refractivity contribution in [2.75, 3.05) is 0 Å². The summed E-state index contributed by atoms with van der Waals surface area (Å²) < 4.78 is 28.8. The van der Waals surface area contributed by atoms with Crippen molar-refractivity contribution in [1.29, 1.82) is 0 Å². The Bertz CT molecular complexity index is 1150. The third kappa shape index (κ3) is 3.17. The Hall–Kier alpha value is -2.41. The van der Waals surface area contributed by atoms with Crippen molar-refractivity contribution in [2.24, 2.45) is 11.1 Å². The van der Waals surface area contributed by atoms with E-state index in [1.54, 1.807) is 13.8 Å². The van der Waals surface area contributed by atoms with Crippen LogP contribution in [0.1, 0.15) is 31.4 Å². The van der Waals surface area contributed by atoms with E-state index in [1.165, 1.54) is 4.57 Å². The molecule has 1 aliphatic carbocycles. The molecule has 0 aliphatic heterocycles. The van der Waals surface area contributed by atoms with Gasteiger partial charge >= 0.3 is 4.87 Å². The number of hydrogen-bond donors (Lipinski definition) is 0. The molecule has 4 rings (SSSR count). The Labute approximate surface area is 164 Å². The Morgan fingerprint density at radius 3 is 2.61 bits per heavy atom. The zero-order valence-electron chi connectivity index (χ0n) is 15.8. The van der Waals surface area contributed by atoms with E-state index in [0.29, 0.717) is 5.52 Å². The van der Waals surface area contributed by atoms with Crippen LogP contribution in [0.2, 0.25) is 0 Å². The molecule has 1 aliphatic rings. The Morgan fingerprint density at radius 2 is 1.96 bits per heavy atom. The summed E-state index contributed by atoms with van der Waals surface area (Å²) in [4.78, 5) is 23.3. The first-order valence-electron chi connectivity index (χ1n) is 9.09. The second kappa shape index (κ2) is 6.30. The highest BCUT2D eigenvalue weighted by Gasteiger charge is 2.56. The quantitative estimate of drug-likeness (QED) is 0.515. The van der Waals surface area contributed by atoms with Crippen LogP contribution < -0.4 is 4.87 Å². The molecule has 0 saturated heterocycles. The number of thiazole rings is 1. The van der Waals surface area contributed by atoms with Gasteiger partial charge < -0.3 is 0 Å². The molecule has 1 fully saturated rings. The number of benzene rings is 2. The fourth-order valence-electron chi connectivity index (χ4n) is 3.46. The molecule has 1 atom stereocenters. The summed E-state index contributed by atoms with van der Waals surface area (Å²) in [5.74, 6) is -3.40. The van der Waals surface area contributed by atoms with Crippen LogP contribution in [0.15, 0.2) is 46.4 Å². The summed E-state index contributed by atoms with van der Waals surface area (Å²) >= 11 is 1.07. The highest BCUT2D eigenvalue weighted by atomic mass is 32.1. The largest absolute Gasteiger partial charge is 0.308 e. The first kappa shape index (κ1) is 18.9. The summed E-state index contributed by atoms with van der Waals surface area (Å²) in [5, 5.41) is 3.21. The van der Waals surface area contributed by atoms with Crippen LogP contribution in [-0.4, -0.2) is 10.5 Å². The Balaban J connectivity index is 1.76. The molecule has 2 aromatic carbocycles. The number of alkyl halides is 2. The molecule has 1 aromatic heterocycles. The number of fused-ring (bicyclic) bond motifs is 1. The molecule has 146 valence electrons. The summed E-state index contributed by atoms with van der Waals surface area (Å²) in [5.41, 5.74) is 3.57. The van der Waals surface area contributed by atoms with E-state index in [0.717, 1.165) is 38.3 Å². The van der Waals surface area contributed by atoms with Gasteiger partial charge in [-0.15, -0.1) is 4.91 Å². The first-order chi connectivity index (χ1) is 13.1. The molecule has 0 spiro atoms. The van der Waals surface area contributed by atoms with E-state index >= 15 is 0 Å². The van der Waals surface area contributed by atoms with Crippen molar-refractivity contribution < 1.29 is 8.78 Å². The van der Waals surface area contributed by atoms with Gasteiger partial charge in [0, 0.05) is 18.9 Å². The average Bonchev–Trinajstić information content (AvgIpc) is 3.13. The number of rotatable bonds is 5. The summed E-state index contributed by atoms with van der Waals surface area (Å²) in [6.07, 6.45) is -0.151. The van der Waals surface area contributed by atoms with Gasteiger partial charge in [0.2, 0.25) is 0 Å². The lowest BCUT2D eigenvalue weighted by molar-refractivity contribution is 0.0953. The Kier molecular flexibility index (Phi) is 4.26. The molecule has 0 amide bonds. The van der Waals surface area contributed by atoms with Gasteiger partial charge in [0.05, 0.1) is 10.2 Å². The maximum Gasteiger partial charge on any atom is 0.308 e. The van der Waals surface area contributed by atoms with Crippen molar-refractivity contribution in [1.82, 2.24) is 4.57 Å². The average molecular weight is 402 g/mol. The van der Waals surface area contributed by atoms with Gasteiger partial charge in [-0.05, 0) is 61.2 Å². The van der Waals surface area contributed by atoms with Crippen molar-refractivity contribution in [3.05, 3.63) is 62.1 Å². The number of aromatic nitrogens is 1. The van der Waals surface area contributed by atoms with Crippen molar-refractivity contribution >= 4 is 21.6 Å². The van der Waals surface area contributed by atoms with E-state index in [2.05, 4.69) is 5.18 Å². The van der Waals surface area contributed by atoms with Gasteiger partial charge in [0.25, 0.3) is 5.92 Å². The number of hydrogen-bond acceptors (Lipinski definition) is 4. The summed E-state index contributed by atoms with van der Waals surface area (Å²) in [6, 6.07) is 11.4. The second-order valence-electron chi connectivity index (χ2n) is 8.00. The highest BCUT2D eigenvalue weighted by Crippen LogP contribution is 2.49. The van der Waals surface area contributed by atoms with Crippen LogP contribution in [-0.2, 0) is 12.1 Å². The molecule has 1 heterocycles. The molecule has 1 saturated carbocycles. The molecule has 0 radical (unpaired) electrons. The van der Waals surface area contributed by atoms with E-state index in [9.17, 15) is 18.5 Å². The predicted molar refractivity (Wildman–Crippen MR) is 108 cm³/mol. The molecule has 0 bridgehead atoms. The summed E-state index contributed by atoms with van der Waals surface area (Å²) in [7, 11) is 0. The van der Waals surface area contributed by atoms with E-state index in [-0.39, 0.29) is 17.8 Å². The van der Waals surface area contributed by atoms with Crippen molar-refractivity contribution in [2.45, 2.75) is 45.2 Å². The van der Waals surface area contributed by atoms with Crippen LogP contribution in [0, 0.1) is 17.7 Å². The maximum absolute atomic E-state index is 13.3. The molecule has 7 heteroatoms. The van der Waals surface area contributed by atoms with Gasteiger partial charge in [-0.25, -0.2) is 8.78 Å². The third-order valence-electron chi connectivity index (χ3n) is 5.51. The molecule has 0 N–H and O–H groups in total. The third-order valence-corrected chi connectivity index (χ3v) is 6.45. The van der Waals surface area contributed by atoms with Crippen LogP contribution in [0.4, 0.5) is 8.78 Å². The van der Waals surface area contributed by atoms with Crippen LogP contribution in [0.25, 0.3) is 21.3 Å². The zero-order valence-corrected chi connectivity index (χ0v) is 16.6. The second-order valence-corrected chi connectivity index (χ2v) is 9.00. The monoisotopic (exact) mass is 402 g/mol. The summed E-state index contributed by atoms with van der Waals surface area (Å²) in [6.45, 7) is 5.56. The lowest BCUT2D eigenvalue weighted by Crippen LogP contribution is -2.15. The lowest BCUT2D eigenvalue weighted by Gasteiger charge is -2.18. The topological polar surface area (TPSA) is 51.4 Å². The fraction of sp³-hybridized carbons (Fsp3) is 0.381. The number of aryl methyl sites for hydroxylation is 1. The van der Waals surface area contributed by atoms with Crippen LogP contribution >= 0.6 is 11.3 Å². The first-order valence-corrected chi connectivity index (χ1v) is 9.91. The number of halogens is 2. The predicted octanol–water partition coefficient (Wildman–Crippen LogP) is 5.70.